The molecule has 0 saturated heterocycles. The Morgan fingerprint density at radius 3 is 2.68 bits per heavy atom. The van der Waals surface area contributed by atoms with Crippen molar-refractivity contribution in [2.75, 3.05) is 10.6 Å². The molecule has 2 rings (SSSR count). The minimum absolute atomic E-state index is 0.142. The average Bonchev–Trinajstić information content (AvgIpc) is 2.74. The summed E-state index contributed by atoms with van der Waals surface area (Å²) in [4.78, 5) is 12.2. The van der Waals surface area contributed by atoms with E-state index in [0.29, 0.717) is 11.3 Å². The lowest BCUT2D eigenvalue weighted by atomic mass is 10.1. The predicted molar refractivity (Wildman–Crippen MR) is 76.4 cm³/mol. The van der Waals surface area contributed by atoms with Crippen molar-refractivity contribution in [3.63, 3.8) is 0 Å². The quantitative estimate of drug-likeness (QED) is 0.885. The molecule has 0 fully saturated rings. The van der Waals surface area contributed by atoms with Crippen molar-refractivity contribution in [2.24, 2.45) is 7.05 Å². The number of carbonyl (C=O) groups is 1. The number of anilines is 2. The molecule has 5 heteroatoms. The van der Waals surface area contributed by atoms with E-state index in [4.69, 9.17) is 0 Å². The minimum Gasteiger partial charge on any atom is -0.382 e. The first-order valence-corrected chi connectivity index (χ1v) is 6.22. The number of nitrogens with zero attached hydrogens (tertiary/aromatic N) is 2. The highest BCUT2D eigenvalue weighted by atomic mass is 16.1. The summed E-state index contributed by atoms with van der Waals surface area (Å²) in [5, 5.41) is 10.1. The van der Waals surface area contributed by atoms with Crippen LogP contribution in [0.3, 0.4) is 0 Å². The summed E-state index contributed by atoms with van der Waals surface area (Å²) in [6.07, 6.45) is 3.38. The molecular formula is C14H18N4O. The lowest BCUT2D eigenvalue weighted by Crippen LogP contribution is -2.17. The second kappa shape index (κ2) is 5.56. The van der Waals surface area contributed by atoms with Crippen LogP contribution in [0.5, 0.6) is 0 Å². The molecule has 0 radical (unpaired) electrons. The summed E-state index contributed by atoms with van der Waals surface area (Å²) < 4.78 is 1.65. The first-order valence-electron chi connectivity index (χ1n) is 6.22. The molecule has 19 heavy (non-hydrogen) atoms. The Bertz CT molecular complexity index is 574. The van der Waals surface area contributed by atoms with Crippen molar-refractivity contribution in [1.82, 2.24) is 9.78 Å². The van der Waals surface area contributed by atoms with Crippen LogP contribution in [0.4, 0.5) is 11.4 Å². The number of benzene rings is 1. The molecule has 0 saturated carbocycles. The lowest BCUT2D eigenvalue weighted by Gasteiger charge is -2.14. The number of hydrogen-bond donors (Lipinski definition) is 2. The Balaban J connectivity index is 2.18. The number of amides is 1. The largest absolute Gasteiger partial charge is 0.382 e. The van der Waals surface area contributed by atoms with Crippen LogP contribution < -0.4 is 10.6 Å². The van der Waals surface area contributed by atoms with Gasteiger partial charge >= 0.3 is 0 Å². The maximum absolute atomic E-state index is 12.2. The molecular weight excluding hydrogens is 240 g/mol. The summed E-state index contributed by atoms with van der Waals surface area (Å²) in [7, 11) is 1.81. The summed E-state index contributed by atoms with van der Waals surface area (Å²) in [5.74, 6) is -0.142. The van der Waals surface area contributed by atoms with Gasteiger partial charge in [-0.15, -0.1) is 0 Å². The zero-order valence-electron chi connectivity index (χ0n) is 11.3. The van der Waals surface area contributed by atoms with Crippen LogP contribution in [-0.4, -0.2) is 21.7 Å². The average molecular weight is 258 g/mol. The normalized spacial score (nSPS) is 10.5. The van der Waals surface area contributed by atoms with E-state index in [9.17, 15) is 4.79 Å². The van der Waals surface area contributed by atoms with Crippen molar-refractivity contribution in [2.45, 2.75) is 19.9 Å². The molecule has 2 N–H and O–H groups in total. The third-order valence-corrected chi connectivity index (χ3v) is 2.58. The van der Waals surface area contributed by atoms with Crippen molar-refractivity contribution in [3.8, 4) is 0 Å². The molecule has 1 amide bonds. The monoisotopic (exact) mass is 258 g/mol. The van der Waals surface area contributed by atoms with Gasteiger partial charge in [0.15, 0.2) is 0 Å². The van der Waals surface area contributed by atoms with Gasteiger partial charge in [-0.1, -0.05) is 12.1 Å². The van der Waals surface area contributed by atoms with Gasteiger partial charge in [0, 0.05) is 25.0 Å². The van der Waals surface area contributed by atoms with Gasteiger partial charge in [-0.3, -0.25) is 9.48 Å². The van der Waals surface area contributed by atoms with E-state index < -0.39 is 0 Å². The first kappa shape index (κ1) is 13.1. The van der Waals surface area contributed by atoms with Gasteiger partial charge in [-0.25, -0.2) is 0 Å². The zero-order valence-corrected chi connectivity index (χ0v) is 11.3. The molecule has 1 heterocycles. The van der Waals surface area contributed by atoms with Crippen LogP contribution in [0.15, 0.2) is 36.7 Å². The molecule has 1 aromatic carbocycles. The first-order chi connectivity index (χ1) is 9.06. The van der Waals surface area contributed by atoms with Gasteiger partial charge in [-0.2, -0.15) is 5.10 Å². The summed E-state index contributed by atoms with van der Waals surface area (Å²) in [6.45, 7) is 4.08. The SMILES string of the molecule is CC(C)Nc1ccccc1C(=O)Nc1cnn(C)c1. The van der Waals surface area contributed by atoms with Gasteiger partial charge in [0.25, 0.3) is 5.91 Å². The maximum Gasteiger partial charge on any atom is 0.257 e. The molecule has 2 aromatic rings. The number of carbonyl (C=O) groups excluding carboxylic acids is 1. The smallest absolute Gasteiger partial charge is 0.257 e. The van der Waals surface area contributed by atoms with Gasteiger partial charge in [-0.05, 0) is 26.0 Å². The van der Waals surface area contributed by atoms with E-state index >= 15 is 0 Å². The molecule has 0 aliphatic heterocycles. The number of aryl methyl sites for hydroxylation is 1. The van der Waals surface area contributed by atoms with Crippen LogP contribution in [0, 0.1) is 0 Å². The fraction of sp³-hybridized carbons (Fsp3) is 0.286. The maximum atomic E-state index is 12.2. The van der Waals surface area contributed by atoms with Gasteiger partial charge in [0.05, 0.1) is 17.4 Å². The molecule has 0 atom stereocenters. The lowest BCUT2D eigenvalue weighted by molar-refractivity contribution is 0.102. The van der Waals surface area contributed by atoms with Crippen molar-refractivity contribution < 1.29 is 4.79 Å². The van der Waals surface area contributed by atoms with Crippen LogP contribution in [0.1, 0.15) is 24.2 Å². The Morgan fingerprint density at radius 2 is 2.05 bits per heavy atom. The van der Waals surface area contributed by atoms with Crippen molar-refractivity contribution in [1.29, 1.82) is 0 Å². The fourth-order valence-electron chi connectivity index (χ4n) is 1.80. The number of rotatable bonds is 4. The Labute approximate surface area is 112 Å². The highest BCUT2D eigenvalue weighted by Crippen LogP contribution is 2.17. The van der Waals surface area contributed by atoms with E-state index in [1.165, 1.54) is 0 Å². The second-order valence-electron chi connectivity index (χ2n) is 4.70. The highest BCUT2D eigenvalue weighted by Gasteiger charge is 2.12. The van der Waals surface area contributed by atoms with E-state index in [-0.39, 0.29) is 11.9 Å². The van der Waals surface area contributed by atoms with Gasteiger partial charge in [0.2, 0.25) is 0 Å². The predicted octanol–water partition coefficient (Wildman–Crippen LogP) is 2.49. The van der Waals surface area contributed by atoms with E-state index in [1.807, 2.05) is 39.1 Å². The van der Waals surface area contributed by atoms with Crippen LogP contribution in [0.2, 0.25) is 0 Å². The number of aromatic nitrogens is 2. The highest BCUT2D eigenvalue weighted by molar-refractivity contribution is 6.07. The van der Waals surface area contributed by atoms with E-state index in [1.54, 1.807) is 23.1 Å². The third kappa shape index (κ3) is 3.34. The topological polar surface area (TPSA) is 59.0 Å². The van der Waals surface area contributed by atoms with Gasteiger partial charge < -0.3 is 10.6 Å². The fourth-order valence-corrected chi connectivity index (χ4v) is 1.80. The van der Waals surface area contributed by atoms with E-state index in [2.05, 4.69) is 15.7 Å². The molecule has 0 unspecified atom stereocenters. The summed E-state index contributed by atoms with van der Waals surface area (Å²) >= 11 is 0. The molecule has 0 bridgehead atoms. The summed E-state index contributed by atoms with van der Waals surface area (Å²) in [6, 6.07) is 7.73. The molecule has 5 nitrogen and oxygen atoms in total. The minimum atomic E-state index is -0.142. The molecule has 0 aliphatic carbocycles. The van der Waals surface area contributed by atoms with Crippen molar-refractivity contribution in [3.05, 3.63) is 42.2 Å². The molecule has 1 aromatic heterocycles. The number of para-hydroxylation sites is 1. The van der Waals surface area contributed by atoms with Crippen LogP contribution >= 0.6 is 0 Å². The standard InChI is InChI=1S/C14H18N4O/c1-10(2)16-13-7-5-4-6-12(13)14(19)17-11-8-15-18(3)9-11/h4-10,16H,1-3H3,(H,17,19). The Kier molecular flexibility index (Phi) is 3.85. The van der Waals surface area contributed by atoms with Crippen LogP contribution in [0.25, 0.3) is 0 Å². The Morgan fingerprint density at radius 1 is 1.32 bits per heavy atom. The molecule has 0 aliphatic rings. The number of nitrogens with one attached hydrogen (secondary N) is 2. The van der Waals surface area contributed by atoms with Crippen molar-refractivity contribution >= 4 is 17.3 Å². The molecule has 0 spiro atoms. The zero-order chi connectivity index (χ0) is 13.8. The van der Waals surface area contributed by atoms with Crippen LogP contribution in [-0.2, 0) is 7.05 Å². The van der Waals surface area contributed by atoms with Gasteiger partial charge in [0.1, 0.15) is 0 Å². The third-order valence-electron chi connectivity index (χ3n) is 2.58. The molecule has 100 valence electrons. The number of hydrogen-bond acceptors (Lipinski definition) is 3. The summed E-state index contributed by atoms with van der Waals surface area (Å²) in [5.41, 5.74) is 2.14. The van der Waals surface area contributed by atoms with E-state index in [0.717, 1.165) is 5.69 Å². The Hall–Kier alpha value is -2.30. The second-order valence-corrected chi connectivity index (χ2v) is 4.70.